The van der Waals surface area contributed by atoms with Crippen LogP contribution in [0.15, 0.2) is 65.1 Å². The van der Waals surface area contributed by atoms with Gasteiger partial charge in [-0.05, 0) is 18.6 Å². The van der Waals surface area contributed by atoms with Crippen LogP contribution in [0.3, 0.4) is 0 Å². The maximum atomic E-state index is 5.81. The third kappa shape index (κ3) is 4.90. The fourth-order valence-corrected chi connectivity index (χ4v) is 2.94. The lowest BCUT2D eigenvalue weighted by Crippen LogP contribution is -2.00. The molecule has 0 atom stereocenters. The van der Waals surface area contributed by atoms with Crippen molar-refractivity contribution in [2.75, 3.05) is 12.0 Å². The number of para-hydroxylation sites is 1. The third-order valence-corrected chi connectivity index (χ3v) is 4.36. The number of nitrogens with one attached hydrogen (secondary N) is 1. The SMILES string of the molecule is CCCCOc1ccccc1/C=N/Nc1nc(-c2ccccc2)cs1. The number of hydrogen-bond acceptors (Lipinski definition) is 5. The third-order valence-electron chi connectivity index (χ3n) is 3.61. The molecule has 0 unspecified atom stereocenters. The molecule has 0 amide bonds. The van der Waals surface area contributed by atoms with Gasteiger partial charge in [-0.15, -0.1) is 11.3 Å². The number of rotatable bonds is 8. The van der Waals surface area contributed by atoms with Gasteiger partial charge >= 0.3 is 0 Å². The van der Waals surface area contributed by atoms with Gasteiger partial charge in [-0.25, -0.2) is 4.98 Å². The number of hydrazone groups is 1. The number of thiazole rings is 1. The Balaban J connectivity index is 1.63. The highest BCUT2D eigenvalue weighted by Gasteiger charge is 2.03. The normalized spacial score (nSPS) is 10.9. The fourth-order valence-electron chi connectivity index (χ4n) is 2.27. The average Bonchev–Trinajstić information content (AvgIpc) is 3.13. The van der Waals surface area contributed by atoms with Gasteiger partial charge in [0, 0.05) is 16.5 Å². The number of ether oxygens (including phenoxy) is 1. The summed E-state index contributed by atoms with van der Waals surface area (Å²) in [7, 11) is 0. The van der Waals surface area contributed by atoms with Crippen molar-refractivity contribution in [1.82, 2.24) is 4.98 Å². The molecule has 4 nitrogen and oxygen atoms in total. The minimum Gasteiger partial charge on any atom is -0.493 e. The number of nitrogens with zero attached hydrogens (tertiary/aromatic N) is 2. The standard InChI is InChI=1S/C20H21N3OS/c1-2-3-13-24-19-12-8-7-11-17(19)14-21-23-20-22-18(15-25-20)16-9-5-4-6-10-16/h4-12,14-15H,2-3,13H2,1H3,(H,22,23)/b21-14+. The van der Waals surface area contributed by atoms with Gasteiger partial charge in [-0.2, -0.15) is 5.10 Å². The van der Waals surface area contributed by atoms with Crippen molar-refractivity contribution in [3.8, 4) is 17.0 Å². The zero-order valence-corrected chi connectivity index (χ0v) is 15.0. The summed E-state index contributed by atoms with van der Waals surface area (Å²) < 4.78 is 5.81. The molecular formula is C20H21N3OS. The summed E-state index contributed by atoms with van der Waals surface area (Å²) in [5.74, 6) is 0.852. The first-order valence-electron chi connectivity index (χ1n) is 8.38. The monoisotopic (exact) mass is 351 g/mol. The first-order valence-corrected chi connectivity index (χ1v) is 9.26. The molecule has 0 aliphatic carbocycles. The van der Waals surface area contributed by atoms with Gasteiger partial charge in [0.25, 0.3) is 0 Å². The van der Waals surface area contributed by atoms with Crippen molar-refractivity contribution in [3.05, 3.63) is 65.5 Å². The summed E-state index contributed by atoms with van der Waals surface area (Å²) in [6, 6.07) is 18.0. The molecule has 3 aromatic rings. The first kappa shape index (κ1) is 17.2. The van der Waals surface area contributed by atoms with Gasteiger partial charge in [-0.1, -0.05) is 55.8 Å². The van der Waals surface area contributed by atoms with Crippen molar-refractivity contribution in [2.45, 2.75) is 19.8 Å². The lowest BCUT2D eigenvalue weighted by atomic mass is 10.2. The minimum atomic E-state index is 0.724. The van der Waals surface area contributed by atoms with E-state index in [2.05, 4.69) is 22.4 Å². The van der Waals surface area contributed by atoms with Crippen molar-refractivity contribution in [1.29, 1.82) is 0 Å². The lowest BCUT2D eigenvalue weighted by Gasteiger charge is -2.07. The second-order valence-electron chi connectivity index (χ2n) is 5.51. The Morgan fingerprint density at radius 1 is 1.12 bits per heavy atom. The van der Waals surface area contributed by atoms with Gasteiger partial charge in [0.1, 0.15) is 5.75 Å². The molecule has 1 N–H and O–H groups in total. The van der Waals surface area contributed by atoms with E-state index < -0.39 is 0 Å². The molecule has 2 aromatic carbocycles. The van der Waals surface area contributed by atoms with Crippen LogP contribution in [0.1, 0.15) is 25.3 Å². The van der Waals surface area contributed by atoms with Crippen LogP contribution in [0.25, 0.3) is 11.3 Å². The summed E-state index contributed by atoms with van der Waals surface area (Å²) in [6.45, 7) is 2.88. The van der Waals surface area contributed by atoms with Crippen molar-refractivity contribution in [2.24, 2.45) is 5.10 Å². The number of aromatic nitrogens is 1. The quantitative estimate of drug-likeness (QED) is 0.334. The van der Waals surface area contributed by atoms with E-state index in [0.29, 0.717) is 0 Å². The summed E-state index contributed by atoms with van der Waals surface area (Å²) >= 11 is 1.53. The Morgan fingerprint density at radius 3 is 2.76 bits per heavy atom. The zero-order chi connectivity index (χ0) is 17.3. The maximum absolute atomic E-state index is 5.81. The Labute approximate surface area is 152 Å². The predicted molar refractivity (Wildman–Crippen MR) is 106 cm³/mol. The van der Waals surface area contributed by atoms with E-state index in [1.807, 2.05) is 60.0 Å². The Morgan fingerprint density at radius 2 is 1.92 bits per heavy atom. The Kier molecular flexibility index (Phi) is 6.17. The fraction of sp³-hybridized carbons (Fsp3) is 0.200. The van der Waals surface area contributed by atoms with E-state index in [9.17, 15) is 0 Å². The minimum absolute atomic E-state index is 0.724. The van der Waals surface area contributed by atoms with Crippen LogP contribution >= 0.6 is 11.3 Å². The van der Waals surface area contributed by atoms with Gasteiger partial charge < -0.3 is 4.74 Å². The van der Waals surface area contributed by atoms with E-state index >= 15 is 0 Å². The van der Waals surface area contributed by atoms with Gasteiger partial charge in [0.2, 0.25) is 5.13 Å². The highest BCUT2D eigenvalue weighted by Crippen LogP contribution is 2.24. The van der Waals surface area contributed by atoms with Gasteiger partial charge in [0.05, 0.1) is 18.5 Å². The summed E-state index contributed by atoms with van der Waals surface area (Å²) in [5, 5.41) is 7.09. The molecule has 0 aliphatic rings. The number of unbranched alkanes of at least 4 members (excludes halogenated alkanes) is 1. The highest BCUT2D eigenvalue weighted by molar-refractivity contribution is 7.14. The van der Waals surface area contributed by atoms with Gasteiger partial charge in [0.15, 0.2) is 0 Å². The molecule has 0 saturated carbocycles. The first-order chi connectivity index (χ1) is 12.4. The predicted octanol–water partition coefficient (Wildman–Crippen LogP) is 5.44. The molecule has 3 rings (SSSR count). The summed E-state index contributed by atoms with van der Waals surface area (Å²) in [4.78, 5) is 4.56. The molecular weight excluding hydrogens is 330 g/mol. The second-order valence-corrected chi connectivity index (χ2v) is 6.37. The number of anilines is 1. The molecule has 0 spiro atoms. The molecule has 0 aliphatic heterocycles. The summed E-state index contributed by atoms with van der Waals surface area (Å²) in [5.41, 5.74) is 6.00. The smallest absolute Gasteiger partial charge is 0.203 e. The molecule has 25 heavy (non-hydrogen) atoms. The highest BCUT2D eigenvalue weighted by atomic mass is 32.1. The van der Waals surface area contributed by atoms with Crippen molar-refractivity contribution >= 4 is 22.7 Å². The van der Waals surface area contributed by atoms with Crippen LogP contribution in [-0.2, 0) is 0 Å². The zero-order valence-electron chi connectivity index (χ0n) is 14.2. The number of hydrogen-bond donors (Lipinski definition) is 1. The van der Waals surface area contributed by atoms with E-state index in [-0.39, 0.29) is 0 Å². The molecule has 0 bridgehead atoms. The molecule has 1 heterocycles. The Bertz CT molecular complexity index is 815. The van der Waals surface area contributed by atoms with Crippen molar-refractivity contribution in [3.63, 3.8) is 0 Å². The molecule has 5 heteroatoms. The van der Waals surface area contributed by atoms with E-state index in [1.165, 1.54) is 11.3 Å². The van der Waals surface area contributed by atoms with Crippen LogP contribution in [0.5, 0.6) is 5.75 Å². The van der Waals surface area contributed by atoms with Crippen LogP contribution in [0.4, 0.5) is 5.13 Å². The Hall–Kier alpha value is -2.66. The molecule has 1 aromatic heterocycles. The number of benzene rings is 2. The van der Waals surface area contributed by atoms with Crippen molar-refractivity contribution < 1.29 is 4.74 Å². The van der Waals surface area contributed by atoms with E-state index in [1.54, 1.807) is 6.21 Å². The van der Waals surface area contributed by atoms with Crippen LogP contribution in [0.2, 0.25) is 0 Å². The molecule has 0 saturated heterocycles. The van der Waals surface area contributed by atoms with Gasteiger partial charge in [-0.3, -0.25) is 5.43 Å². The lowest BCUT2D eigenvalue weighted by molar-refractivity contribution is 0.309. The topological polar surface area (TPSA) is 46.5 Å². The van der Waals surface area contributed by atoms with Crippen LogP contribution in [0, 0.1) is 0 Å². The molecule has 128 valence electrons. The largest absolute Gasteiger partial charge is 0.493 e. The van der Waals surface area contributed by atoms with E-state index in [4.69, 9.17) is 4.74 Å². The average molecular weight is 351 g/mol. The van der Waals surface area contributed by atoms with E-state index in [0.717, 1.165) is 47.2 Å². The maximum Gasteiger partial charge on any atom is 0.203 e. The molecule has 0 radical (unpaired) electrons. The summed E-state index contributed by atoms with van der Waals surface area (Å²) in [6.07, 6.45) is 3.93. The van der Waals surface area contributed by atoms with Crippen LogP contribution < -0.4 is 10.2 Å². The second kappa shape index (κ2) is 8.99. The molecule has 0 fully saturated rings. The van der Waals surface area contributed by atoms with Crippen LogP contribution in [-0.4, -0.2) is 17.8 Å².